The minimum Gasteiger partial charge on any atom is -0.349 e. The van der Waals surface area contributed by atoms with E-state index in [1.165, 1.54) is 11.3 Å². The first-order valence-corrected chi connectivity index (χ1v) is 7.53. The quantitative estimate of drug-likeness (QED) is 0.796. The zero-order valence-electron chi connectivity index (χ0n) is 9.70. The van der Waals surface area contributed by atoms with Gasteiger partial charge in [0, 0.05) is 11.3 Å². The van der Waals surface area contributed by atoms with Crippen LogP contribution in [0.2, 0.25) is 4.34 Å². The maximum Gasteiger partial charge on any atom is 0.221 e. The highest BCUT2D eigenvalue weighted by molar-refractivity contribution is 7.80. The van der Waals surface area contributed by atoms with Crippen LogP contribution in [0.1, 0.15) is 37.1 Å². The Morgan fingerprint density at radius 3 is 2.82 bits per heavy atom. The maximum atomic E-state index is 11.9. The van der Waals surface area contributed by atoms with Crippen molar-refractivity contribution in [3.05, 3.63) is 21.3 Å². The second kappa shape index (κ2) is 5.21. The fourth-order valence-corrected chi connectivity index (χ4v) is 3.32. The van der Waals surface area contributed by atoms with Gasteiger partial charge in [-0.2, -0.15) is 12.6 Å². The number of carbonyl (C=O) groups is 1. The Balaban J connectivity index is 1.86. The lowest BCUT2D eigenvalue weighted by atomic mass is 10.0. The van der Waals surface area contributed by atoms with Crippen LogP contribution in [0.3, 0.4) is 0 Å². The summed E-state index contributed by atoms with van der Waals surface area (Å²) in [6, 6.07) is 3.86. The van der Waals surface area contributed by atoms with Gasteiger partial charge in [-0.25, -0.2) is 0 Å². The zero-order valence-corrected chi connectivity index (χ0v) is 12.2. The van der Waals surface area contributed by atoms with E-state index in [0.29, 0.717) is 6.42 Å². The third-order valence-electron chi connectivity index (χ3n) is 3.23. The van der Waals surface area contributed by atoms with Crippen molar-refractivity contribution in [2.45, 2.75) is 32.2 Å². The van der Waals surface area contributed by atoms with Gasteiger partial charge in [-0.3, -0.25) is 4.79 Å². The number of thiophene rings is 1. The second-order valence-electron chi connectivity index (χ2n) is 4.77. The average molecular weight is 290 g/mol. The Bertz CT molecular complexity index is 414. The molecule has 1 aliphatic rings. The zero-order chi connectivity index (χ0) is 12.5. The normalized spacial score (nSPS) is 18.8. The van der Waals surface area contributed by atoms with Crippen molar-refractivity contribution in [3.63, 3.8) is 0 Å². The minimum atomic E-state index is 0.0377. The molecule has 1 atom stereocenters. The number of nitrogens with one attached hydrogen (secondary N) is 1. The molecule has 1 aromatic rings. The third kappa shape index (κ3) is 3.39. The smallest absolute Gasteiger partial charge is 0.221 e. The molecule has 0 bridgehead atoms. The number of halogens is 1. The van der Waals surface area contributed by atoms with Gasteiger partial charge in [0.2, 0.25) is 5.91 Å². The molecule has 1 aromatic heterocycles. The summed E-state index contributed by atoms with van der Waals surface area (Å²) in [7, 11) is 0. The van der Waals surface area contributed by atoms with E-state index in [0.717, 1.165) is 27.8 Å². The fourth-order valence-electron chi connectivity index (χ4n) is 1.83. The van der Waals surface area contributed by atoms with Crippen molar-refractivity contribution >= 4 is 41.5 Å². The molecule has 1 saturated carbocycles. The third-order valence-corrected chi connectivity index (χ3v) is 5.31. The van der Waals surface area contributed by atoms with Crippen LogP contribution >= 0.6 is 35.6 Å². The molecule has 5 heteroatoms. The first-order chi connectivity index (χ1) is 8.04. The molecule has 0 aliphatic heterocycles. The molecule has 1 fully saturated rings. The van der Waals surface area contributed by atoms with Gasteiger partial charge in [-0.15, -0.1) is 11.3 Å². The van der Waals surface area contributed by atoms with Gasteiger partial charge in [-0.1, -0.05) is 11.6 Å². The summed E-state index contributed by atoms with van der Waals surface area (Å²) < 4.78 is 0.759. The number of hydrogen-bond acceptors (Lipinski definition) is 3. The Morgan fingerprint density at radius 1 is 1.65 bits per heavy atom. The first-order valence-electron chi connectivity index (χ1n) is 5.70. The second-order valence-corrected chi connectivity index (χ2v) is 6.83. The van der Waals surface area contributed by atoms with E-state index in [4.69, 9.17) is 11.6 Å². The molecule has 1 aliphatic carbocycles. The predicted octanol–water partition coefficient (Wildman–Crippen LogP) is 3.68. The van der Waals surface area contributed by atoms with Crippen LogP contribution in [-0.4, -0.2) is 11.7 Å². The van der Waals surface area contributed by atoms with Crippen molar-refractivity contribution < 1.29 is 4.79 Å². The van der Waals surface area contributed by atoms with Crippen molar-refractivity contribution in [2.75, 3.05) is 5.75 Å². The Morgan fingerprint density at radius 2 is 2.35 bits per heavy atom. The highest BCUT2D eigenvalue weighted by Crippen LogP contribution is 2.49. The molecule has 0 aromatic carbocycles. The number of hydrogen-bond donors (Lipinski definition) is 2. The fraction of sp³-hybridized carbons (Fsp3) is 0.583. The molecule has 94 valence electrons. The van der Waals surface area contributed by atoms with E-state index >= 15 is 0 Å². The van der Waals surface area contributed by atoms with E-state index in [1.807, 2.05) is 19.1 Å². The minimum absolute atomic E-state index is 0.0377. The van der Waals surface area contributed by atoms with Gasteiger partial charge < -0.3 is 5.32 Å². The van der Waals surface area contributed by atoms with Crippen molar-refractivity contribution in [3.8, 4) is 0 Å². The van der Waals surface area contributed by atoms with Crippen molar-refractivity contribution in [2.24, 2.45) is 5.41 Å². The molecule has 2 rings (SSSR count). The van der Waals surface area contributed by atoms with Crippen LogP contribution in [0.5, 0.6) is 0 Å². The molecule has 1 heterocycles. The predicted molar refractivity (Wildman–Crippen MR) is 76.0 cm³/mol. The summed E-state index contributed by atoms with van der Waals surface area (Å²) in [5.74, 6) is 0.924. The van der Waals surface area contributed by atoms with Crippen LogP contribution < -0.4 is 5.32 Å². The van der Waals surface area contributed by atoms with Gasteiger partial charge in [0.25, 0.3) is 0 Å². The lowest BCUT2D eigenvalue weighted by molar-refractivity contribution is -0.122. The van der Waals surface area contributed by atoms with Gasteiger partial charge in [0.15, 0.2) is 0 Å². The summed E-state index contributed by atoms with van der Waals surface area (Å²) in [5.41, 5.74) is 0.181. The van der Waals surface area contributed by atoms with Crippen LogP contribution in [0.15, 0.2) is 12.1 Å². The number of carbonyl (C=O) groups excluding carboxylic acids is 1. The number of rotatable bonds is 5. The molecule has 0 spiro atoms. The van der Waals surface area contributed by atoms with Crippen molar-refractivity contribution in [1.82, 2.24) is 5.32 Å². The van der Waals surface area contributed by atoms with E-state index in [9.17, 15) is 4.79 Å². The lowest BCUT2D eigenvalue weighted by Gasteiger charge is -2.15. The highest BCUT2D eigenvalue weighted by atomic mass is 35.5. The standard InChI is InChI=1S/C12H16ClNOS2/c1-8(9-2-3-10(13)17-9)14-11(15)6-12(7-16)4-5-12/h2-3,8,16H,4-7H2,1H3,(H,14,15). The average Bonchev–Trinajstić information content (AvgIpc) is 2.91. The highest BCUT2D eigenvalue weighted by Gasteiger charge is 2.42. The largest absolute Gasteiger partial charge is 0.349 e. The molecule has 0 radical (unpaired) electrons. The number of amides is 1. The molecule has 1 N–H and O–H groups in total. The van der Waals surface area contributed by atoms with Gasteiger partial charge in [0.05, 0.1) is 10.4 Å². The van der Waals surface area contributed by atoms with E-state index in [-0.39, 0.29) is 17.4 Å². The topological polar surface area (TPSA) is 29.1 Å². The molecular weight excluding hydrogens is 274 g/mol. The van der Waals surface area contributed by atoms with Crippen LogP contribution in [0, 0.1) is 5.41 Å². The van der Waals surface area contributed by atoms with E-state index < -0.39 is 0 Å². The molecular formula is C12H16ClNOS2. The molecule has 17 heavy (non-hydrogen) atoms. The van der Waals surface area contributed by atoms with Gasteiger partial charge in [0.1, 0.15) is 0 Å². The lowest BCUT2D eigenvalue weighted by Crippen LogP contribution is -2.28. The SMILES string of the molecule is CC(NC(=O)CC1(CS)CC1)c1ccc(Cl)s1. The van der Waals surface area contributed by atoms with E-state index in [1.54, 1.807) is 0 Å². The maximum absolute atomic E-state index is 11.9. The summed E-state index contributed by atoms with van der Waals surface area (Å²) in [4.78, 5) is 13.0. The van der Waals surface area contributed by atoms with Gasteiger partial charge in [-0.05, 0) is 43.1 Å². The molecule has 0 saturated heterocycles. The number of thiol groups is 1. The summed E-state index contributed by atoms with van der Waals surface area (Å²) in [5, 5.41) is 3.02. The first kappa shape index (κ1) is 13.2. The molecule has 1 amide bonds. The summed E-state index contributed by atoms with van der Waals surface area (Å²) >= 11 is 11.7. The van der Waals surface area contributed by atoms with Crippen molar-refractivity contribution in [1.29, 1.82) is 0 Å². The van der Waals surface area contributed by atoms with Crippen LogP contribution in [0.4, 0.5) is 0 Å². The Hall–Kier alpha value is -0.190. The summed E-state index contributed by atoms with van der Waals surface area (Å²) in [6.07, 6.45) is 2.85. The molecule has 1 unspecified atom stereocenters. The Labute approximate surface area is 116 Å². The van der Waals surface area contributed by atoms with Gasteiger partial charge >= 0.3 is 0 Å². The molecule has 2 nitrogen and oxygen atoms in total. The van der Waals surface area contributed by atoms with E-state index in [2.05, 4.69) is 17.9 Å². The van der Waals surface area contributed by atoms with Crippen LogP contribution in [-0.2, 0) is 4.79 Å². The monoisotopic (exact) mass is 289 g/mol. The van der Waals surface area contributed by atoms with Crippen LogP contribution in [0.25, 0.3) is 0 Å². The summed E-state index contributed by atoms with van der Waals surface area (Å²) in [6.45, 7) is 1.99. The Kier molecular flexibility index (Phi) is 4.06.